The molecule has 1 aliphatic heterocycles. The van der Waals surface area contributed by atoms with Crippen LogP contribution in [0, 0.1) is 5.92 Å². The van der Waals surface area contributed by atoms with Gasteiger partial charge in [-0.2, -0.15) is 0 Å². The quantitative estimate of drug-likeness (QED) is 0.869. The first-order valence-electron chi connectivity index (χ1n) is 6.76. The van der Waals surface area contributed by atoms with E-state index in [1.54, 1.807) is 7.11 Å². The highest BCUT2D eigenvalue weighted by Crippen LogP contribution is 2.24. The van der Waals surface area contributed by atoms with E-state index in [-0.39, 0.29) is 0 Å². The Morgan fingerprint density at radius 1 is 1.39 bits per heavy atom. The fourth-order valence-corrected chi connectivity index (χ4v) is 2.50. The van der Waals surface area contributed by atoms with Gasteiger partial charge in [0.15, 0.2) is 0 Å². The number of hydrogen-bond acceptors (Lipinski definition) is 4. The van der Waals surface area contributed by atoms with E-state index in [0.717, 1.165) is 37.8 Å². The average Bonchev–Trinajstić information content (AvgIpc) is 2.41. The van der Waals surface area contributed by atoms with Crippen molar-refractivity contribution in [2.24, 2.45) is 5.92 Å². The van der Waals surface area contributed by atoms with E-state index in [0.29, 0.717) is 0 Å². The maximum Gasteiger partial charge on any atom is 0.0573 e. The van der Waals surface area contributed by atoms with Gasteiger partial charge in [0, 0.05) is 33.4 Å². The molecule has 4 nitrogen and oxygen atoms in total. The Bertz CT molecular complexity index is 362. The van der Waals surface area contributed by atoms with Gasteiger partial charge in [-0.1, -0.05) is 0 Å². The lowest BCUT2D eigenvalue weighted by molar-refractivity contribution is 0.139. The van der Waals surface area contributed by atoms with Gasteiger partial charge in [-0.25, -0.2) is 0 Å². The Hall–Kier alpha value is -1.29. The van der Waals surface area contributed by atoms with Gasteiger partial charge in [0.2, 0.25) is 0 Å². The number of piperidine rings is 1. The van der Waals surface area contributed by atoms with Crippen molar-refractivity contribution in [2.45, 2.75) is 19.8 Å². The van der Waals surface area contributed by atoms with Crippen molar-refractivity contribution in [1.82, 2.24) is 4.98 Å². The molecule has 100 valence electrons. The zero-order valence-corrected chi connectivity index (χ0v) is 11.4. The third-order valence-electron chi connectivity index (χ3n) is 3.49. The van der Waals surface area contributed by atoms with Crippen LogP contribution in [-0.2, 0) is 4.74 Å². The van der Waals surface area contributed by atoms with Gasteiger partial charge < -0.3 is 15.0 Å². The number of ether oxygens (including phenoxy) is 1. The van der Waals surface area contributed by atoms with E-state index >= 15 is 0 Å². The van der Waals surface area contributed by atoms with Crippen molar-refractivity contribution in [3.05, 3.63) is 18.5 Å². The van der Waals surface area contributed by atoms with Crippen LogP contribution in [-0.4, -0.2) is 38.3 Å². The molecule has 0 saturated carbocycles. The molecule has 1 saturated heterocycles. The van der Waals surface area contributed by atoms with Crippen molar-refractivity contribution in [3.63, 3.8) is 0 Å². The fourth-order valence-electron chi connectivity index (χ4n) is 2.50. The van der Waals surface area contributed by atoms with Crippen molar-refractivity contribution < 1.29 is 4.74 Å². The number of nitrogens with zero attached hydrogens (tertiary/aromatic N) is 2. The van der Waals surface area contributed by atoms with Crippen LogP contribution in [0.3, 0.4) is 0 Å². The van der Waals surface area contributed by atoms with E-state index in [2.05, 4.69) is 28.2 Å². The van der Waals surface area contributed by atoms with Crippen LogP contribution in [0.15, 0.2) is 18.5 Å². The molecule has 1 fully saturated rings. The van der Waals surface area contributed by atoms with Crippen LogP contribution < -0.4 is 10.2 Å². The van der Waals surface area contributed by atoms with Gasteiger partial charge in [-0.3, -0.25) is 4.98 Å². The Kier molecular flexibility index (Phi) is 4.81. The number of hydrogen-bond donors (Lipinski definition) is 1. The van der Waals surface area contributed by atoms with Crippen molar-refractivity contribution in [2.75, 3.05) is 43.6 Å². The van der Waals surface area contributed by atoms with Crippen LogP contribution in [0.1, 0.15) is 19.8 Å². The number of rotatable bonds is 5. The molecular weight excluding hydrogens is 226 g/mol. The number of pyridine rings is 1. The van der Waals surface area contributed by atoms with Gasteiger partial charge in [0.05, 0.1) is 23.8 Å². The van der Waals surface area contributed by atoms with Crippen LogP contribution in [0.4, 0.5) is 11.4 Å². The molecule has 0 aromatic carbocycles. The van der Waals surface area contributed by atoms with Crippen LogP contribution in [0.5, 0.6) is 0 Å². The van der Waals surface area contributed by atoms with Gasteiger partial charge in [0.1, 0.15) is 0 Å². The number of methoxy groups -OCH3 is 1. The second-order valence-corrected chi connectivity index (χ2v) is 4.85. The van der Waals surface area contributed by atoms with E-state index in [9.17, 15) is 0 Å². The molecule has 2 heterocycles. The van der Waals surface area contributed by atoms with Crippen molar-refractivity contribution >= 4 is 11.4 Å². The highest BCUT2D eigenvalue weighted by molar-refractivity contribution is 5.55. The van der Waals surface area contributed by atoms with Gasteiger partial charge >= 0.3 is 0 Å². The topological polar surface area (TPSA) is 37.4 Å². The Balaban J connectivity index is 1.94. The molecule has 1 N–H and O–H groups in total. The lowest BCUT2D eigenvalue weighted by Gasteiger charge is -2.33. The summed E-state index contributed by atoms with van der Waals surface area (Å²) in [5, 5.41) is 3.31. The molecule has 4 heteroatoms. The zero-order valence-electron chi connectivity index (χ0n) is 11.4. The Morgan fingerprint density at radius 3 is 2.83 bits per heavy atom. The standard InChI is InChI=1S/C14H23N3O/c1-3-16-13-8-14(10-15-9-13)17-6-4-12(5-7-17)11-18-2/h8-10,12,16H,3-7,11H2,1-2H3. The van der Waals surface area contributed by atoms with E-state index in [4.69, 9.17) is 4.74 Å². The molecule has 1 aliphatic rings. The summed E-state index contributed by atoms with van der Waals surface area (Å²) >= 11 is 0. The summed E-state index contributed by atoms with van der Waals surface area (Å²) in [6.45, 7) is 6.13. The molecule has 2 rings (SSSR count). The van der Waals surface area contributed by atoms with Crippen molar-refractivity contribution in [1.29, 1.82) is 0 Å². The molecule has 0 bridgehead atoms. The zero-order chi connectivity index (χ0) is 12.8. The van der Waals surface area contributed by atoms with Gasteiger partial charge in [-0.05, 0) is 31.7 Å². The number of nitrogens with one attached hydrogen (secondary N) is 1. The molecular formula is C14H23N3O. The largest absolute Gasteiger partial charge is 0.384 e. The molecule has 0 aliphatic carbocycles. The lowest BCUT2D eigenvalue weighted by atomic mass is 9.97. The summed E-state index contributed by atoms with van der Waals surface area (Å²) in [5.41, 5.74) is 2.33. The SMILES string of the molecule is CCNc1cncc(N2CCC(COC)CC2)c1. The summed E-state index contributed by atoms with van der Waals surface area (Å²) in [7, 11) is 1.79. The Labute approximate surface area is 109 Å². The summed E-state index contributed by atoms with van der Waals surface area (Å²) in [4.78, 5) is 6.72. The monoisotopic (exact) mass is 249 g/mol. The first kappa shape index (κ1) is 13.1. The smallest absolute Gasteiger partial charge is 0.0573 e. The summed E-state index contributed by atoms with van der Waals surface area (Å²) < 4.78 is 5.23. The molecule has 0 amide bonds. The minimum absolute atomic E-state index is 0.719. The fraction of sp³-hybridized carbons (Fsp3) is 0.643. The molecule has 1 aromatic heterocycles. The number of anilines is 2. The van der Waals surface area contributed by atoms with E-state index < -0.39 is 0 Å². The van der Waals surface area contributed by atoms with E-state index in [1.165, 1.54) is 18.5 Å². The second-order valence-electron chi connectivity index (χ2n) is 4.85. The summed E-state index contributed by atoms with van der Waals surface area (Å²) in [6.07, 6.45) is 6.25. The maximum atomic E-state index is 5.23. The van der Waals surface area contributed by atoms with Crippen LogP contribution in [0.25, 0.3) is 0 Å². The van der Waals surface area contributed by atoms with Gasteiger partial charge in [-0.15, -0.1) is 0 Å². The first-order valence-corrected chi connectivity index (χ1v) is 6.76. The third kappa shape index (κ3) is 3.35. The number of aromatic nitrogens is 1. The summed E-state index contributed by atoms with van der Waals surface area (Å²) in [6, 6.07) is 2.19. The molecule has 0 unspecified atom stereocenters. The highest BCUT2D eigenvalue weighted by Gasteiger charge is 2.19. The molecule has 18 heavy (non-hydrogen) atoms. The normalized spacial score (nSPS) is 16.9. The highest BCUT2D eigenvalue weighted by atomic mass is 16.5. The second kappa shape index (κ2) is 6.59. The molecule has 0 atom stereocenters. The Morgan fingerprint density at radius 2 is 2.17 bits per heavy atom. The molecule has 1 aromatic rings. The first-order chi connectivity index (χ1) is 8.83. The predicted molar refractivity (Wildman–Crippen MR) is 75.2 cm³/mol. The molecule has 0 spiro atoms. The average molecular weight is 249 g/mol. The van der Waals surface area contributed by atoms with Crippen molar-refractivity contribution in [3.8, 4) is 0 Å². The van der Waals surface area contributed by atoms with Gasteiger partial charge in [0.25, 0.3) is 0 Å². The minimum atomic E-state index is 0.719. The van der Waals surface area contributed by atoms with E-state index in [1.807, 2.05) is 12.4 Å². The maximum absolute atomic E-state index is 5.23. The third-order valence-corrected chi connectivity index (χ3v) is 3.49. The molecule has 0 radical (unpaired) electrons. The predicted octanol–water partition coefficient (Wildman–Crippen LogP) is 2.38. The summed E-state index contributed by atoms with van der Waals surface area (Å²) in [5.74, 6) is 0.719. The van der Waals surface area contributed by atoms with Crippen LogP contribution >= 0.6 is 0 Å². The minimum Gasteiger partial charge on any atom is -0.384 e. The lowest BCUT2D eigenvalue weighted by Crippen LogP contribution is -2.35. The van der Waals surface area contributed by atoms with Crippen LogP contribution in [0.2, 0.25) is 0 Å².